The summed E-state index contributed by atoms with van der Waals surface area (Å²) in [5.74, 6) is 1.81. The van der Waals surface area contributed by atoms with Crippen molar-refractivity contribution in [2.45, 2.75) is 13.3 Å². The van der Waals surface area contributed by atoms with Gasteiger partial charge in [0.15, 0.2) is 5.82 Å². The molecule has 25 heavy (non-hydrogen) atoms. The average Bonchev–Trinajstić information content (AvgIpc) is 2.68. The van der Waals surface area contributed by atoms with Crippen molar-refractivity contribution in [1.29, 1.82) is 0 Å². The Kier molecular flexibility index (Phi) is 5.95. The minimum atomic E-state index is 0.115. The highest BCUT2D eigenvalue weighted by molar-refractivity contribution is 5.78. The lowest BCUT2D eigenvalue weighted by atomic mass is 10.2. The topological polar surface area (TPSA) is 61.4 Å². The van der Waals surface area contributed by atoms with Crippen LogP contribution in [0.3, 0.4) is 0 Å². The third-order valence-corrected chi connectivity index (χ3v) is 4.31. The van der Waals surface area contributed by atoms with Crippen LogP contribution in [0.25, 0.3) is 11.4 Å². The second-order valence-electron chi connectivity index (χ2n) is 6.22. The molecule has 0 unspecified atom stereocenters. The lowest BCUT2D eigenvalue weighted by Gasteiger charge is -2.35. The van der Waals surface area contributed by atoms with Crippen LogP contribution in [0.15, 0.2) is 42.6 Å². The number of carbonyl (C=O) groups is 1. The van der Waals surface area contributed by atoms with E-state index in [2.05, 4.69) is 27.0 Å². The van der Waals surface area contributed by atoms with Gasteiger partial charge in [-0.1, -0.05) is 37.3 Å². The van der Waals surface area contributed by atoms with Gasteiger partial charge in [0.25, 0.3) is 0 Å². The van der Waals surface area contributed by atoms with Gasteiger partial charge in [0.05, 0.1) is 6.54 Å². The van der Waals surface area contributed by atoms with Gasteiger partial charge >= 0.3 is 0 Å². The van der Waals surface area contributed by atoms with Crippen LogP contribution >= 0.6 is 0 Å². The Balaban J connectivity index is 1.57. The molecule has 0 atom stereocenters. The molecule has 0 saturated carbocycles. The van der Waals surface area contributed by atoms with Crippen LogP contribution in [-0.4, -0.2) is 60.0 Å². The number of benzene rings is 1. The molecule has 1 N–H and O–H groups in total. The molecule has 2 aromatic rings. The Labute approximate surface area is 148 Å². The van der Waals surface area contributed by atoms with Gasteiger partial charge in [-0.2, -0.15) is 0 Å². The predicted octanol–water partition coefficient (Wildman–Crippen LogP) is 1.79. The fourth-order valence-corrected chi connectivity index (χ4v) is 2.91. The molecule has 132 valence electrons. The summed E-state index contributed by atoms with van der Waals surface area (Å²) >= 11 is 0. The normalized spacial score (nSPS) is 15.2. The molecule has 1 fully saturated rings. The number of aromatic nitrogens is 2. The van der Waals surface area contributed by atoms with Crippen LogP contribution in [0.5, 0.6) is 0 Å². The first-order valence-corrected chi connectivity index (χ1v) is 8.88. The summed E-state index contributed by atoms with van der Waals surface area (Å²) in [5, 5.41) is 2.93. The number of hydrogen-bond donors (Lipinski definition) is 1. The maximum Gasteiger partial charge on any atom is 0.234 e. The van der Waals surface area contributed by atoms with Crippen LogP contribution in [-0.2, 0) is 4.79 Å². The van der Waals surface area contributed by atoms with E-state index >= 15 is 0 Å². The monoisotopic (exact) mass is 339 g/mol. The van der Waals surface area contributed by atoms with E-state index in [1.165, 1.54) is 0 Å². The van der Waals surface area contributed by atoms with E-state index in [-0.39, 0.29) is 5.91 Å². The highest BCUT2D eigenvalue weighted by Gasteiger charge is 2.20. The molecule has 6 nitrogen and oxygen atoms in total. The van der Waals surface area contributed by atoms with Gasteiger partial charge < -0.3 is 10.2 Å². The second-order valence-corrected chi connectivity index (χ2v) is 6.22. The van der Waals surface area contributed by atoms with Gasteiger partial charge in [-0.25, -0.2) is 9.97 Å². The fraction of sp³-hybridized carbons (Fsp3) is 0.421. The van der Waals surface area contributed by atoms with Gasteiger partial charge in [0.2, 0.25) is 5.91 Å². The molecule has 1 aromatic carbocycles. The summed E-state index contributed by atoms with van der Waals surface area (Å²) in [4.78, 5) is 25.4. The molecule has 1 aromatic heterocycles. The summed E-state index contributed by atoms with van der Waals surface area (Å²) in [5.41, 5.74) is 1.02. The Bertz CT molecular complexity index is 683. The first-order chi connectivity index (χ1) is 12.3. The van der Waals surface area contributed by atoms with E-state index in [9.17, 15) is 4.79 Å². The minimum Gasteiger partial charge on any atom is -0.355 e. The summed E-state index contributed by atoms with van der Waals surface area (Å²) in [6.07, 6.45) is 2.78. The Morgan fingerprint density at radius 2 is 1.88 bits per heavy atom. The fourth-order valence-electron chi connectivity index (χ4n) is 2.91. The molecule has 3 rings (SSSR count). The lowest BCUT2D eigenvalue weighted by molar-refractivity contribution is -0.122. The van der Waals surface area contributed by atoms with Crippen molar-refractivity contribution < 1.29 is 4.79 Å². The number of carbonyl (C=O) groups excluding carboxylic acids is 1. The molecule has 1 aliphatic rings. The van der Waals surface area contributed by atoms with Crippen molar-refractivity contribution in [1.82, 2.24) is 20.2 Å². The van der Waals surface area contributed by atoms with E-state index < -0.39 is 0 Å². The number of amides is 1. The van der Waals surface area contributed by atoms with Crippen molar-refractivity contribution in [3.8, 4) is 11.4 Å². The van der Waals surface area contributed by atoms with Crippen LogP contribution in [0, 0.1) is 0 Å². The molecule has 1 saturated heterocycles. The molecule has 1 aliphatic heterocycles. The van der Waals surface area contributed by atoms with Crippen molar-refractivity contribution in [2.24, 2.45) is 0 Å². The SMILES string of the molecule is CCCNC(=O)CN1CCN(c2ccnc(-c3ccccc3)n2)CC1. The van der Waals surface area contributed by atoms with E-state index in [1.807, 2.05) is 42.6 Å². The zero-order valence-electron chi connectivity index (χ0n) is 14.7. The maximum atomic E-state index is 11.8. The molecular weight excluding hydrogens is 314 g/mol. The average molecular weight is 339 g/mol. The number of hydrogen-bond acceptors (Lipinski definition) is 5. The van der Waals surface area contributed by atoms with E-state index in [4.69, 9.17) is 4.98 Å². The van der Waals surface area contributed by atoms with Gasteiger partial charge in [-0.3, -0.25) is 9.69 Å². The van der Waals surface area contributed by atoms with Crippen molar-refractivity contribution in [3.63, 3.8) is 0 Å². The highest BCUT2D eigenvalue weighted by Crippen LogP contribution is 2.19. The smallest absolute Gasteiger partial charge is 0.234 e. The Hall–Kier alpha value is -2.47. The first kappa shape index (κ1) is 17.4. The third kappa shape index (κ3) is 4.76. The van der Waals surface area contributed by atoms with Gasteiger partial charge in [-0.05, 0) is 12.5 Å². The molecule has 0 bridgehead atoms. The van der Waals surface area contributed by atoms with Crippen LogP contribution in [0.1, 0.15) is 13.3 Å². The minimum absolute atomic E-state index is 0.115. The van der Waals surface area contributed by atoms with Crippen LogP contribution in [0.4, 0.5) is 5.82 Å². The van der Waals surface area contributed by atoms with E-state index in [1.54, 1.807) is 0 Å². The van der Waals surface area contributed by atoms with E-state index in [0.29, 0.717) is 6.54 Å². The quantitative estimate of drug-likeness (QED) is 0.869. The highest BCUT2D eigenvalue weighted by atomic mass is 16.2. The van der Waals surface area contributed by atoms with Crippen LogP contribution in [0.2, 0.25) is 0 Å². The summed E-state index contributed by atoms with van der Waals surface area (Å²) in [6, 6.07) is 12.0. The largest absolute Gasteiger partial charge is 0.355 e. The maximum absolute atomic E-state index is 11.8. The Morgan fingerprint density at radius 1 is 1.12 bits per heavy atom. The Morgan fingerprint density at radius 3 is 2.60 bits per heavy atom. The molecule has 2 heterocycles. The number of nitrogens with zero attached hydrogens (tertiary/aromatic N) is 4. The zero-order valence-corrected chi connectivity index (χ0v) is 14.7. The van der Waals surface area contributed by atoms with Crippen molar-refractivity contribution >= 4 is 11.7 Å². The molecule has 0 aliphatic carbocycles. The van der Waals surface area contributed by atoms with E-state index in [0.717, 1.165) is 56.4 Å². The first-order valence-electron chi connectivity index (χ1n) is 8.88. The summed E-state index contributed by atoms with van der Waals surface area (Å²) in [6.45, 7) is 6.76. The number of rotatable bonds is 6. The van der Waals surface area contributed by atoms with Crippen LogP contribution < -0.4 is 10.2 Å². The molecular formula is C19H25N5O. The zero-order chi connectivity index (χ0) is 17.5. The third-order valence-electron chi connectivity index (χ3n) is 4.31. The van der Waals surface area contributed by atoms with Gasteiger partial charge in [-0.15, -0.1) is 0 Å². The predicted molar refractivity (Wildman–Crippen MR) is 99.4 cm³/mol. The summed E-state index contributed by atoms with van der Waals surface area (Å²) in [7, 11) is 0. The van der Waals surface area contributed by atoms with Gasteiger partial charge in [0.1, 0.15) is 5.82 Å². The number of piperazine rings is 1. The standard InChI is InChI=1S/C19H25N5O/c1-2-9-20-18(25)15-23-11-13-24(14-12-23)17-8-10-21-19(22-17)16-6-4-3-5-7-16/h3-8,10H,2,9,11-15H2,1H3,(H,20,25). The molecule has 0 spiro atoms. The lowest BCUT2D eigenvalue weighted by Crippen LogP contribution is -2.49. The van der Waals surface area contributed by atoms with Crippen molar-refractivity contribution in [2.75, 3.05) is 44.2 Å². The number of nitrogens with one attached hydrogen (secondary N) is 1. The molecule has 0 radical (unpaired) electrons. The molecule has 6 heteroatoms. The van der Waals surface area contributed by atoms with Crippen molar-refractivity contribution in [3.05, 3.63) is 42.6 Å². The summed E-state index contributed by atoms with van der Waals surface area (Å²) < 4.78 is 0. The molecule has 1 amide bonds. The van der Waals surface area contributed by atoms with Gasteiger partial charge in [0, 0.05) is 44.5 Å². The second kappa shape index (κ2) is 8.58. The number of anilines is 1.